The molecule has 21 heavy (non-hydrogen) atoms. The molecule has 1 aliphatic heterocycles. The first kappa shape index (κ1) is 16.3. The van der Waals surface area contributed by atoms with Crippen LogP contribution in [0.3, 0.4) is 0 Å². The van der Waals surface area contributed by atoms with Gasteiger partial charge in [-0.15, -0.1) is 0 Å². The van der Waals surface area contributed by atoms with E-state index in [-0.39, 0.29) is 17.7 Å². The quantitative estimate of drug-likeness (QED) is 0.851. The highest BCUT2D eigenvalue weighted by Gasteiger charge is 2.35. The van der Waals surface area contributed by atoms with Crippen LogP contribution >= 0.6 is 0 Å². The van der Waals surface area contributed by atoms with E-state index in [1.165, 1.54) is 0 Å². The first-order valence-electron chi connectivity index (χ1n) is 8.30. The summed E-state index contributed by atoms with van der Waals surface area (Å²) >= 11 is 0. The minimum atomic E-state index is -0.702. The van der Waals surface area contributed by atoms with Crippen LogP contribution in [-0.2, 0) is 9.59 Å². The fraction of sp³-hybridized carbons (Fsp3) is 0.882. The molecule has 1 N–H and O–H groups in total. The molecule has 0 unspecified atom stereocenters. The number of likely N-dealkylation sites (tertiary alicyclic amines) is 1. The largest absolute Gasteiger partial charge is 0.481 e. The summed E-state index contributed by atoms with van der Waals surface area (Å²) in [6.07, 6.45) is 5.00. The number of hydrogen-bond donors (Lipinski definition) is 1. The van der Waals surface area contributed by atoms with Crippen molar-refractivity contribution in [1.29, 1.82) is 0 Å². The average Bonchev–Trinajstić information content (AvgIpc) is 2.46. The standard InChI is InChI=1S/C17H29NO3/c1-17(2,3)14-8-10-18(11-9-14)15(19)12-4-6-13(7-5-12)16(20)21/h12-14H,4-11H2,1-3H3,(H,20,21). The molecule has 2 rings (SSSR count). The van der Waals surface area contributed by atoms with Gasteiger partial charge in [0.1, 0.15) is 0 Å². The van der Waals surface area contributed by atoms with Crippen molar-refractivity contribution in [2.45, 2.75) is 59.3 Å². The summed E-state index contributed by atoms with van der Waals surface area (Å²) in [4.78, 5) is 25.6. The minimum absolute atomic E-state index is 0.0618. The van der Waals surface area contributed by atoms with Crippen LogP contribution in [0.15, 0.2) is 0 Å². The minimum Gasteiger partial charge on any atom is -0.481 e. The van der Waals surface area contributed by atoms with Crippen LogP contribution in [0.2, 0.25) is 0 Å². The molecule has 0 aromatic heterocycles. The van der Waals surface area contributed by atoms with Gasteiger partial charge in [-0.2, -0.15) is 0 Å². The summed E-state index contributed by atoms with van der Waals surface area (Å²) in [5.41, 5.74) is 0.328. The number of carboxylic acids is 1. The highest BCUT2D eigenvalue weighted by Crippen LogP contribution is 2.36. The molecule has 4 nitrogen and oxygen atoms in total. The second kappa shape index (κ2) is 6.37. The van der Waals surface area contributed by atoms with Gasteiger partial charge in [0.05, 0.1) is 5.92 Å². The van der Waals surface area contributed by atoms with Crippen LogP contribution in [0.1, 0.15) is 59.3 Å². The zero-order valence-corrected chi connectivity index (χ0v) is 13.6. The SMILES string of the molecule is CC(C)(C)C1CCN(C(=O)C2CCC(C(=O)O)CC2)CC1. The third-order valence-electron chi connectivity index (χ3n) is 5.46. The van der Waals surface area contributed by atoms with E-state index in [2.05, 4.69) is 20.8 Å². The van der Waals surface area contributed by atoms with Crippen molar-refractivity contribution in [2.75, 3.05) is 13.1 Å². The lowest BCUT2D eigenvalue weighted by Crippen LogP contribution is -2.44. The fourth-order valence-electron chi connectivity index (χ4n) is 3.81. The van der Waals surface area contributed by atoms with Gasteiger partial charge in [0.2, 0.25) is 5.91 Å². The number of piperidine rings is 1. The molecule has 0 aromatic carbocycles. The molecule has 2 fully saturated rings. The summed E-state index contributed by atoms with van der Waals surface area (Å²) in [7, 11) is 0. The van der Waals surface area contributed by atoms with Crippen LogP contribution in [0.5, 0.6) is 0 Å². The molecular weight excluding hydrogens is 266 g/mol. The molecule has 0 aromatic rings. The monoisotopic (exact) mass is 295 g/mol. The van der Waals surface area contributed by atoms with E-state index < -0.39 is 5.97 Å². The summed E-state index contributed by atoms with van der Waals surface area (Å²) < 4.78 is 0. The van der Waals surface area contributed by atoms with Gasteiger partial charge in [-0.25, -0.2) is 0 Å². The van der Waals surface area contributed by atoms with Gasteiger partial charge in [-0.05, 0) is 49.9 Å². The predicted molar refractivity (Wildman–Crippen MR) is 81.8 cm³/mol. The molecule has 0 atom stereocenters. The maximum absolute atomic E-state index is 12.6. The molecule has 0 spiro atoms. The molecule has 1 heterocycles. The van der Waals surface area contributed by atoms with E-state index >= 15 is 0 Å². The highest BCUT2D eigenvalue weighted by molar-refractivity contribution is 5.79. The Hall–Kier alpha value is -1.06. The smallest absolute Gasteiger partial charge is 0.306 e. The van der Waals surface area contributed by atoms with Gasteiger partial charge in [0.15, 0.2) is 0 Å². The second-order valence-corrected chi connectivity index (χ2v) is 7.85. The fourth-order valence-corrected chi connectivity index (χ4v) is 3.81. The number of carboxylic acid groups (broad SMARTS) is 1. The molecule has 0 bridgehead atoms. The van der Waals surface area contributed by atoms with E-state index in [0.717, 1.165) is 38.8 Å². The molecule has 1 saturated carbocycles. The number of nitrogens with zero attached hydrogens (tertiary/aromatic N) is 1. The van der Waals surface area contributed by atoms with E-state index in [9.17, 15) is 9.59 Å². The van der Waals surface area contributed by atoms with Crippen molar-refractivity contribution in [3.8, 4) is 0 Å². The number of carbonyl (C=O) groups is 2. The van der Waals surface area contributed by atoms with E-state index in [1.54, 1.807) is 0 Å². The molecule has 1 saturated heterocycles. The molecule has 120 valence electrons. The number of hydrogen-bond acceptors (Lipinski definition) is 2. The first-order valence-corrected chi connectivity index (χ1v) is 8.30. The average molecular weight is 295 g/mol. The van der Waals surface area contributed by atoms with Crippen LogP contribution < -0.4 is 0 Å². The lowest BCUT2D eigenvalue weighted by atomic mass is 9.75. The number of aliphatic carboxylic acids is 1. The van der Waals surface area contributed by atoms with Crippen LogP contribution in [-0.4, -0.2) is 35.0 Å². The van der Waals surface area contributed by atoms with Gasteiger partial charge in [-0.3, -0.25) is 9.59 Å². The Morgan fingerprint density at radius 1 is 0.905 bits per heavy atom. The third-order valence-corrected chi connectivity index (χ3v) is 5.46. The first-order chi connectivity index (χ1) is 9.79. The normalized spacial score (nSPS) is 28.4. The van der Waals surface area contributed by atoms with E-state index in [0.29, 0.717) is 24.2 Å². The van der Waals surface area contributed by atoms with Crippen molar-refractivity contribution in [1.82, 2.24) is 4.90 Å². The Labute approximate surface area is 127 Å². The zero-order chi connectivity index (χ0) is 15.6. The van der Waals surface area contributed by atoms with Gasteiger partial charge >= 0.3 is 5.97 Å². The maximum Gasteiger partial charge on any atom is 0.306 e. The third kappa shape index (κ3) is 3.98. The number of rotatable bonds is 2. The number of carbonyl (C=O) groups excluding carboxylic acids is 1. The second-order valence-electron chi connectivity index (χ2n) is 7.85. The van der Waals surface area contributed by atoms with Gasteiger partial charge in [-0.1, -0.05) is 20.8 Å². The molecule has 2 aliphatic rings. The van der Waals surface area contributed by atoms with Crippen molar-refractivity contribution in [3.63, 3.8) is 0 Å². The Bertz CT molecular complexity index is 383. The summed E-state index contributed by atoms with van der Waals surface area (Å²) in [5.74, 6) is 0.0925. The number of amides is 1. The highest BCUT2D eigenvalue weighted by atomic mass is 16.4. The van der Waals surface area contributed by atoms with Gasteiger partial charge in [0, 0.05) is 19.0 Å². The lowest BCUT2D eigenvalue weighted by molar-refractivity contribution is -0.146. The maximum atomic E-state index is 12.6. The van der Waals surface area contributed by atoms with Crippen molar-refractivity contribution < 1.29 is 14.7 Å². The van der Waals surface area contributed by atoms with Gasteiger partial charge in [0.25, 0.3) is 0 Å². The molecule has 4 heteroatoms. The van der Waals surface area contributed by atoms with Crippen molar-refractivity contribution >= 4 is 11.9 Å². The molecule has 0 radical (unpaired) electrons. The lowest BCUT2D eigenvalue weighted by Gasteiger charge is -2.40. The summed E-state index contributed by atoms with van der Waals surface area (Å²) in [6.45, 7) is 8.59. The van der Waals surface area contributed by atoms with Crippen molar-refractivity contribution in [3.05, 3.63) is 0 Å². The predicted octanol–water partition coefficient (Wildman–Crippen LogP) is 3.16. The summed E-state index contributed by atoms with van der Waals surface area (Å²) in [6, 6.07) is 0. The topological polar surface area (TPSA) is 57.6 Å². The molecule has 1 amide bonds. The Balaban J connectivity index is 1.82. The van der Waals surface area contributed by atoms with Crippen molar-refractivity contribution in [2.24, 2.45) is 23.2 Å². The Morgan fingerprint density at radius 2 is 1.38 bits per heavy atom. The van der Waals surface area contributed by atoms with E-state index in [1.807, 2.05) is 4.90 Å². The Kier molecular flexibility index (Phi) is 4.95. The van der Waals surface area contributed by atoms with Gasteiger partial charge < -0.3 is 10.0 Å². The molecular formula is C17H29NO3. The van der Waals surface area contributed by atoms with Crippen LogP contribution in [0.4, 0.5) is 0 Å². The van der Waals surface area contributed by atoms with E-state index in [4.69, 9.17) is 5.11 Å². The zero-order valence-electron chi connectivity index (χ0n) is 13.6. The van der Waals surface area contributed by atoms with Crippen LogP contribution in [0, 0.1) is 23.2 Å². The Morgan fingerprint density at radius 3 is 1.81 bits per heavy atom. The molecule has 1 aliphatic carbocycles. The summed E-state index contributed by atoms with van der Waals surface area (Å²) in [5, 5.41) is 9.02. The van der Waals surface area contributed by atoms with Crippen LogP contribution in [0.25, 0.3) is 0 Å².